The first-order chi connectivity index (χ1) is 5.83. The van der Waals surface area contributed by atoms with E-state index in [4.69, 9.17) is 0 Å². The van der Waals surface area contributed by atoms with Gasteiger partial charge in [0.15, 0.2) is 0 Å². The van der Waals surface area contributed by atoms with Gasteiger partial charge in [-0.3, -0.25) is 0 Å². The van der Waals surface area contributed by atoms with Gasteiger partial charge >= 0.3 is 0 Å². The highest BCUT2D eigenvalue weighted by molar-refractivity contribution is 5.80. The Kier molecular flexibility index (Phi) is 1.61. The second kappa shape index (κ2) is 2.63. The lowest BCUT2D eigenvalue weighted by Gasteiger charge is -1.99. The van der Waals surface area contributed by atoms with Gasteiger partial charge in [0.2, 0.25) is 0 Å². The lowest BCUT2D eigenvalue weighted by molar-refractivity contribution is 0.622. The number of fused-ring (bicyclic) bond motifs is 1. The summed E-state index contributed by atoms with van der Waals surface area (Å²) >= 11 is 0. The highest BCUT2D eigenvalue weighted by atomic mass is 19.1. The molecule has 1 nitrogen and oxygen atoms in total. The quantitative estimate of drug-likeness (QED) is 0.665. The summed E-state index contributed by atoms with van der Waals surface area (Å²) < 4.78 is 13.5. The molecule has 62 valence electrons. The Morgan fingerprint density at radius 2 is 2.17 bits per heavy atom. The molecule has 1 aromatic carbocycles. The second-order valence-electron chi connectivity index (χ2n) is 2.83. The van der Waals surface area contributed by atoms with Gasteiger partial charge in [-0.05, 0) is 18.1 Å². The zero-order chi connectivity index (χ0) is 8.55. The standard InChI is InChI=1S/C10H10FN/c1-2-7-3-4-8-5-6-12-10(8)9(7)11/h3-6,12H,2H2,1H3. The van der Waals surface area contributed by atoms with Gasteiger partial charge in [-0.1, -0.05) is 19.1 Å². The predicted octanol–water partition coefficient (Wildman–Crippen LogP) is 2.87. The Labute approximate surface area is 70.2 Å². The fraction of sp³-hybridized carbons (Fsp3) is 0.200. The van der Waals surface area contributed by atoms with Crippen molar-refractivity contribution in [3.63, 3.8) is 0 Å². The highest BCUT2D eigenvalue weighted by Crippen LogP contribution is 2.19. The van der Waals surface area contributed by atoms with Gasteiger partial charge in [-0.25, -0.2) is 4.39 Å². The Balaban J connectivity index is 2.78. The van der Waals surface area contributed by atoms with Crippen molar-refractivity contribution in [2.24, 2.45) is 0 Å². The molecule has 2 heteroatoms. The van der Waals surface area contributed by atoms with Gasteiger partial charge in [0.05, 0.1) is 5.52 Å². The molecule has 0 aliphatic heterocycles. The minimum absolute atomic E-state index is 0.111. The molecule has 0 spiro atoms. The zero-order valence-electron chi connectivity index (χ0n) is 6.89. The van der Waals surface area contributed by atoms with E-state index in [0.29, 0.717) is 5.52 Å². The number of H-pyrrole nitrogens is 1. The number of aryl methyl sites for hydroxylation is 1. The monoisotopic (exact) mass is 163 g/mol. The molecule has 12 heavy (non-hydrogen) atoms. The second-order valence-corrected chi connectivity index (χ2v) is 2.83. The van der Waals surface area contributed by atoms with Crippen molar-refractivity contribution in [2.45, 2.75) is 13.3 Å². The number of nitrogens with one attached hydrogen (secondary N) is 1. The number of hydrogen-bond donors (Lipinski definition) is 1. The maximum absolute atomic E-state index is 13.5. The lowest BCUT2D eigenvalue weighted by Crippen LogP contribution is -1.87. The molecule has 1 N–H and O–H groups in total. The Morgan fingerprint density at radius 1 is 1.33 bits per heavy atom. The van der Waals surface area contributed by atoms with Crippen molar-refractivity contribution in [3.8, 4) is 0 Å². The SMILES string of the molecule is CCc1ccc2cc[nH]c2c1F. The topological polar surface area (TPSA) is 15.8 Å². The molecule has 0 aliphatic carbocycles. The van der Waals surface area contributed by atoms with Crippen molar-refractivity contribution in [2.75, 3.05) is 0 Å². The molecular weight excluding hydrogens is 153 g/mol. The molecule has 0 bridgehead atoms. The van der Waals surface area contributed by atoms with Crippen LogP contribution >= 0.6 is 0 Å². The summed E-state index contributed by atoms with van der Waals surface area (Å²) in [5.41, 5.74) is 1.39. The summed E-state index contributed by atoms with van der Waals surface area (Å²) in [5.74, 6) is -0.111. The van der Waals surface area contributed by atoms with Crippen LogP contribution in [0.15, 0.2) is 24.4 Å². The number of aromatic amines is 1. The van der Waals surface area contributed by atoms with E-state index in [-0.39, 0.29) is 5.82 Å². The van der Waals surface area contributed by atoms with Crippen LogP contribution in [-0.4, -0.2) is 4.98 Å². The molecule has 0 saturated carbocycles. The van der Waals surface area contributed by atoms with E-state index >= 15 is 0 Å². The number of rotatable bonds is 1. The highest BCUT2D eigenvalue weighted by Gasteiger charge is 2.05. The zero-order valence-corrected chi connectivity index (χ0v) is 6.89. The maximum Gasteiger partial charge on any atom is 0.150 e. The van der Waals surface area contributed by atoms with E-state index in [0.717, 1.165) is 17.4 Å². The number of benzene rings is 1. The van der Waals surface area contributed by atoms with Gasteiger partial charge in [-0.15, -0.1) is 0 Å². The van der Waals surface area contributed by atoms with Crippen LogP contribution in [0.3, 0.4) is 0 Å². The van der Waals surface area contributed by atoms with Crippen molar-refractivity contribution in [1.82, 2.24) is 4.98 Å². The first-order valence-corrected chi connectivity index (χ1v) is 4.07. The molecule has 0 radical (unpaired) electrons. The average molecular weight is 163 g/mol. The first-order valence-electron chi connectivity index (χ1n) is 4.07. The molecular formula is C10H10FN. The van der Waals surface area contributed by atoms with E-state index in [9.17, 15) is 4.39 Å². The summed E-state index contributed by atoms with van der Waals surface area (Å²) in [6, 6.07) is 5.65. The number of halogens is 1. The fourth-order valence-electron chi connectivity index (χ4n) is 1.41. The molecule has 2 rings (SSSR count). The van der Waals surface area contributed by atoms with E-state index in [1.54, 1.807) is 6.20 Å². The smallest absolute Gasteiger partial charge is 0.150 e. The minimum Gasteiger partial charge on any atom is -0.359 e. The van der Waals surface area contributed by atoms with Crippen molar-refractivity contribution < 1.29 is 4.39 Å². The van der Waals surface area contributed by atoms with E-state index < -0.39 is 0 Å². The molecule has 1 heterocycles. The number of aromatic nitrogens is 1. The third-order valence-corrected chi connectivity index (χ3v) is 2.13. The maximum atomic E-state index is 13.5. The van der Waals surface area contributed by atoms with Crippen LogP contribution in [0.25, 0.3) is 10.9 Å². The number of hydrogen-bond acceptors (Lipinski definition) is 0. The van der Waals surface area contributed by atoms with Crippen LogP contribution < -0.4 is 0 Å². The van der Waals surface area contributed by atoms with E-state index in [1.807, 2.05) is 25.1 Å². The molecule has 0 aliphatic rings. The lowest BCUT2D eigenvalue weighted by atomic mass is 10.1. The molecule has 0 amide bonds. The van der Waals surface area contributed by atoms with Gasteiger partial charge < -0.3 is 4.98 Å². The van der Waals surface area contributed by atoms with Gasteiger partial charge in [-0.2, -0.15) is 0 Å². The van der Waals surface area contributed by atoms with Crippen LogP contribution in [0.5, 0.6) is 0 Å². The van der Waals surface area contributed by atoms with Gasteiger partial charge in [0.25, 0.3) is 0 Å². The van der Waals surface area contributed by atoms with Gasteiger partial charge in [0.1, 0.15) is 5.82 Å². The predicted molar refractivity (Wildman–Crippen MR) is 47.6 cm³/mol. The molecule has 0 saturated heterocycles. The van der Waals surface area contributed by atoms with Crippen LogP contribution in [-0.2, 0) is 6.42 Å². The Hall–Kier alpha value is -1.31. The fourth-order valence-corrected chi connectivity index (χ4v) is 1.41. The third-order valence-electron chi connectivity index (χ3n) is 2.13. The summed E-state index contributed by atoms with van der Waals surface area (Å²) in [5, 5.41) is 0.935. The summed E-state index contributed by atoms with van der Waals surface area (Å²) in [7, 11) is 0. The average Bonchev–Trinajstić information content (AvgIpc) is 2.53. The molecule has 0 atom stereocenters. The largest absolute Gasteiger partial charge is 0.359 e. The van der Waals surface area contributed by atoms with Crippen molar-refractivity contribution in [3.05, 3.63) is 35.8 Å². The van der Waals surface area contributed by atoms with Crippen molar-refractivity contribution >= 4 is 10.9 Å². The Bertz CT molecular complexity index is 403. The van der Waals surface area contributed by atoms with Crippen LogP contribution in [0.4, 0.5) is 4.39 Å². The van der Waals surface area contributed by atoms with Crippen LogP contribution in [0.1, 0.15) is 12.5 Å². The Morgan fingerprint density at radius 3 is 2.92 bits per heavy atom. The minimum atomic E-state index is -0.111. The summed E-state index contributed by atoms with van der Waals surface area (Å²) in [6.07, 6.45) is 2.49. The molecule has 0 unspecified atom stereocenters. The normalized spacial score (nSPS) is 10.8. The van der Waals surface area contributed by atoms with E-state index in [1.165, 1.54) is 0 Å². The van der Waals surface area contributed by atoms with E-state index in [2.05, 4.69) is 4.98 Å². The summed E-state index contributed by atoms with van der Waals surface area (Å²) in [6.45, 7) is 1.95. The molecule has 1 aromatic heterocycles. The third kappa shape index (κ3) is 0.916. The first kappa shape index (κ1) is 7.35. The molecule has 0 fully saturated rings. The van der Waals surface area contributed by atoms with Crippen LogP contribution in [0.2, 0.25) is 0 Å². The van der Waals surface area contributed by atoms with Crippen LogP contribution in [0, 0.1) is 5.82 Å². The summed E-state index contributed by atoms with van der Waals surface area (Å²) in [4.78, 5) is 2.89. The van der Waals surface area contributed by atoms with Gasteiger partial charge in [0, 0.05) is 11.6 Å². The molecule has 2 aromatic rings. The van der Waals surface area contributed by atoms with Crippen molar-refractivity contribution in [1.29, 1.82) is 0 Å².